The van der Waals surface area contributed by atoms with E-state index in [0.717, 1.165) is 49.2 Å². The zero-order valence-electron chi connectivity index (χ0n) is 18.7. The van der Waals surface area contributed by atoms with Crippen LogP contribution >= 0.6 is 0 Å². The molecule has 0 aromatic heterocycles. The topological polar surface area (TPSA) is 44.8 Å². The van der Waals surface area contributed by atoms with E-state index in [-0.39, 0.29) is 23.5 Å². The van der Waals surface area contributed by atoms with Crippen LogP contribution in [0.25, 0.3) is 0 Å². The molecule has 0 aliphatic carbocycles. The van der Waals surface area contributed by atoms with Gasteiger partial charge in [-0.1, -0.05) is 24.3 Å². The fraction of sp³-hybridized carbons (Fsp3) is 0.480. The summed E-state index contributed by atoms with van der Waals surface area (Å²) in [6, 6.07) is 12.7. The number of nitrogens with zero attached hydrogens (tertiary/aromatic N) is 2. The minimum atomic E-state index is -0.261. The molecule has 4 rings (SSSR count). The Morgan fingerprint density at radius 2 is 1.84 bits per heavy atom. The molecule has 0 saturated carbocycles. The standard InChI is InChI=1S/C25H32FN3O2/c1-25(2)15-20-14-19(6-9-23(20)31-25)16-27-24(30)29(22-10-12-28(3)13-11-22)17-18-4-7-21(26)8-5-18/h4-9,14,22H,10-13,15-17H2,1-3H3,(H,27,30). The number of urea groups is 1. The first-order valence-corrected chi connectivity index (χ1v) is 11.1. The lowest BCUT2D eigenvalue weighted by Gasteiger charge is -2.37. The lowest BCUT2D eigenvalue weighted by atomic mass is 10.0. The monoisotopic (exact) mass is 425 g/mol. The van der Waals surface area contributed by atoms with E-state index in [9.17, 15) is 9.18 Å². The lowest BCUT2D eigenvalue weighted by molar-refractivity contribution is 0.127. The second-order valence-corrected chi connectivity index (χ2v) is 9.43. The average Bonchev–Trinajstić information content (AvgIpc) is 3.05. The second kappa shape index (κ2) is 8.87. The molecule has 0 atom stereocenters. The predicted molar refractivity (Wildman–Crippen MR) is 120 cm³/mol. The number of amides is 2. The van der Waals surface area contributed by atoms with E-state index < -0.39 is 0 Å². The largest absolute Gasteiger partial charge is 0.487 e. The van der Waals surface area contributed by atoms with Crippen LogP contribution in [-0.2, 0) is 19.5 Å². The molecule has 6 heteroatoms. The summed E-state index contributed by atoms with van der Waals surface area (Å²) < 4.78 is 19.3. The van der Waals surface area contributed by atoms with Crippen LogP contribution in [0, 0.1) is 5.82 Å². The van der Waals surface area contributed by atoms with Crippen molar-refractivity contribution in [1.82, 2.24) is 15.1 Å². The van der Waals surface area contributed by atoms with E-state index in [2.05, 4.69) is 37.2 Å². The zero-order valence-corrected chi connectivity index (χ0v) is 18.7. The van der Waals surface area contributed by atoms with E-state index in [4.69, 9.17) is 4.74 Å². The number of ether oxygens (including phenoxy) is 1. The fourth-order valence-electron chi connectivity index (χ4n) is 4.51. The maximum Gasteiger partial charge on any atom is 0.318 e. The molecule has 5 nitrogen and oxygen atoms in total. The Morgan fingerprint density at radius 1 is 1.16 bits per heavy atom. The van der Waals surface area contributed by atoms with Crippen molar-refractivity contribution in [3.8, 4) is 5.75 Å². The normalized spacial score (nSPS) is 18.3. The van der Waals surface area contributed by atoms with Gasteiger partial charge in [0.05, 0.1) is 0 Å². The van der Waals surface area contributed by atoms with Gasteiger partial charge in [-0.15, -0.1) is 0 Å². The summed E-state index contributed by atoms with van der Waals surface area (Å²) in [5.74, 6) is 0.673. The first kappa shape index (κ1) is 21.6. The summed E-state index contributed by atoms with van der Waals surface area (Å²) in [5.41, 5.74) is 3.02. The molecule has 0 spiro atoms. The third-order valence-electron chi connectivity index (χ3n) is 6.23. The van der Waals surface area contributed by atoms with Crippen LogP contribution in [0.4, 0.5) is 9.18 Å². The Balaban J connectivity index is 1.43. The third kappa shape index (κ3) is 5.37. The van der Waals surface area contributed by atoms with Crippen LogP contribution in [0.15, 0.2) is 42.5 Å². The summed E-state index contributed by atoms with van der Waals surface area (Å²) in [4.78, 5) is 17.4. The van der Waals surface area contributed by atoms with Gasteiger partial charge in [0.2, 0.25) is 0 Å². The zero-order chi connectivity index (χ0) is 22.0. The van der Waals surface area contributed by atoms with Crippen molar-refractivity contribution in [3.05, 3.63) is 65.0 Å². The number of hydrogen-bond donors (Lipinski definition) is 1. The summed E-state index contributed by atoms with van der Waals surface area (Å²) in [7, 11) is 2.11. The van der Waals surface area contributed by atoms with Crippen LogP contribution in [0.3, 0.4) is 0 Å². The Bertz CT molecular complexity index is 921. The highest BCUT2D eigenvalue weighted by atomic mass is 19.1. The summed E-state index contributed by atoms with van der Waals surface area (Å²) in [6.45, 7) is 7.06. The van der Waals surface area contributed by atoms with Gasteiger partial charge in [-0.2, -0.15) is 0 Å². The van der Waals surface area contributed by atoms with Crippen LogP contribution in [-0.4, -0.2) is 47.6 Å². The first-order chi connectivity index (χ1) is 14.8. The number of hydrogen-bond acceptors (Lipinski definition) is 3. The molecule has 2 aliphatic rings. The molecule has 0 radical (unpaired) electrons. The first-order valence-electron chi connectivity index (χ1n) is 11.1. The average molecular weight is 426 g/mol. The van der Waals surface area contributed by atoms with Gasteiger partial charge in [0.15, 0.2) is 0 Å². The third-order valence-corrected chi connectivity index (χ3v) is 6.23. The van der Waals surface area contributed by atoms with E-state index in [1.54, 1.807) is 12.1 Å². The minimum Gasteiger partial charge on any atom is -0.487 e. The number of rotatable bonds is 5. The number of carbonyl (C=O) groups excluding carboxylic acids is 1. The van der Waals surface area contributed by atoms with Gasteiger partial charge >= 0.3 is 6.03 Å². The van der Waals surface area contributed by atoms with Gasteiger partial charge in [0.1, 0.15) is 17.2 Å². The lowest BCUT2D eigenvalue weighted by Crippen LogP contribution is -2.49. The van der Waals surface area contributed by atoms with Gasteiger partial charge in [-0.3, -0.25) is 0 Å². The molecule has 166 valence electrons. The van der Waals surface area contributed by atoms with Crippen molar-refractivity contribution < 1.29 is 13.9 Å². The maximum absolute atomic E-state index is 13.3. The van der Waals surface area contributed by atoms with E-state index >= 15 is 0 Å². The molecule has 2 aliphatic heterocycles. The summed E-state index contributed by atoms with van der Waals surface area (Å²) in [6.07, 6.45) is 2.75. The number of nitrogens with one attached hydrogen (secondary N) is 1. The van der Waals surface area contributed by atoms with Gasteiger partial charge in [0, 0.05) is 25.6 Å². The predicted octanol–water partition coefficient (Wildman–Crippen LogP) is 4.35. The smallest absolute Gasteiger partial charge is 0.318 e. The highest BCUT2D eigenvalue weighted by Gasteiger charge is 2.30. The molecule has 0 unspecified atom stereocenters. The van der Waals surface area contributed by atoms with Crippen molar-refractivity contribution in [2.24, 2.45) is 0 Å². The van der Waals surface area contributed by atoms with E-state index in [1.807, 2.05) is 17.0 Å². The number of fused-ring (bicyclic) bond motifs is 1. The molecule has 1 N–H and O–H groups in total. The molecule has 1 fully saturated rings. The summed E-state index contributed by atoms with van der Waals surface area (Å²) in [5, 5.41) is 3.11. The van der Waals surface area contributed by atoms with Crippen LogP contribution in [0.2, 0.25) is 0 Å². The number of likely N-dealkylation sites (tertiary alicyclic amines) is 1. The fourth-order valence-corrected chi connectivity index (χ4v) is 4.51. The van der Waals surface area contributed by atoms with Crippen molar-refractivity contribution in [3.63, 3.8) is 0 Å². The Hall–Kier alpha value is -2.60. The Morgan fingerprint density at radius 3 is 2.55 bits per heavy atom. The summed E-state index contributed by atoms with van der Waals surface area (Å²) >= 11 is 0. The van der Waals surface area contributed by atoms with Crippen molar-refractivity contribution in [2.45, 2.75) is 57.8 Å². The Labute approximate surface area is 184 Å². The highest BCUT2D eigenvalue weighted by molar-refractivity contribution is 5.74. The van der Waals surface area contributed by atoms with Gasteiger partial charge < -0.3 is 19.9 Å². The van der Waals surface area contributed by atoms with Gasteiger partial charge in [0.25, 0.3) is 0 Å². The van der Waals surface area contributed by atoms with Crippen molar-refractivity contribution in [1.29, 1.82) is 0 Å². The quantitative estimate of drug-likeness (QED) is 0.775. The molecule has 2 amide bonds. The molecule has 1 saturated heterocycles. The maximum atomic E-state index is 13.3. The van der Waals surface area contributed by atoms with E-state index in [0.29, 0.717) is 13.1 Å². The number of piperidine rings is 1. The molecular formula is C25H32FN3O2. The molecule has 2 heterocycles. The molecule has 31 heavy (non-hydrogen) atoms. The number of halogens is 1. The van der Waals surface area contributed by atoms with Crippen LogP contribution < -0.4 is 10.1 Å². The number of carbonyl (C=O) groups is 1. The van der Waals surface area contributed by atoms with Gasteiger partial charge in [-0.25, -0.2) is 9.18 Å². The minimum absolute atomic E-state index is 0.0732. The second-order valence-electron chi connectivity index (χ2n) is 9.43. The van der Waals surface area contributed by atoms with Crippen molar-refractivity contribution in [2.75, 3.05) is 20.1 Å². The molecule has 2 aromatic rings. The Kier molecular flexibility index (Phi) is 6.19. The van der Waals surface area contributed by atoms with Crippen LogP contribution in [0.5, 0.6) is 5.75 Å². The molecular weight excluding hydrogens is 393 g/mol. The number of benzene rings is 2. The van der Waals surface area contributed by atoms with Gasteiger partial charge in [-0.05, 0) is 81.7 Å². The molecule has 2 aromatic carbocycles. The van der Waals surface area contributed by atoms with E-state index in [1.165, 1.54) is 17.7 Å². The molecule has 0 bridgehead atoms. The highest BCUT2D eigenvalue weighted by Crippen LogP contribution is 2.35. The SMILES string of the molecule is CN1CCC(N(Cc2ccc(F)cc2)C(=O)NCc2ccc3c(c2)CC(C)(C)O3)CC1. The van der Waals surface area contributed by atoms with Crippen molar-refractivity contribution >= 4 is 6.03 Å². The van der Waals surface area contributed by atoms with Crippen LogP contribution in [0.1, 0.15) is 43.4 Å².